The Hall–Kier alpha value is -2.73. The molecule has 25 heavy (non-hydrogen) atoms. The number of aryl methyl sites for hydroxylation is 1. The van der Waals surface area contributed by atoms with E-state index in [9.17, 15) is 4.79 Å². The van der Waals surface area contributed by atoms with Crippen molar-refractivity contribution in [3.63, 3.8) is 0 Å². The summed E-state index contributed by atoms with van der Waals surface area (Å²) >= 11 is 0. The molecule has 1 aromatic carbocycles. The molecule has 0 amide bonds. The number of anilines is 1. The van der Waals surface area contributed by atoms with E-state index in [1.165, 1.54) is 10.1 Å². The van der Waals surface area contributed by atoms with Crippen LogP contribution >= 0.6 is 0 Å². The lowest BCUT2D eigenvalue weighted by Gasteiger charge is -2.36. The zero-order valence-electron chi connectivity index (χ0n) is 14.3. The van der Waals surface area contributed by atoms with Gasteiger partial charge in [-0.3, -0.25) is 14.7 Å². The van der Waals surface area contributed by atoms with E-state index in [4.69, 9.17) is 0 Å². The average Bonchev–Trinajstić information content (AvgIpc) is 2.66. The molecule has 1 saturated heterocycles. The Kier molecular flexibility index (Phi) is 4.19. The van der Waals surface area contributed by atoms with Crippen LogP contribution in [0.3, 0.4) is 0 Å². The summed E-state index contributed by atoms with van der Waals surface area (Å²) in [5.74, 6) is 0. The molecule has 3 heterocycles. The van der Waals surface area contributed by atoms with Gasteiger partial charge in [0.05, 0.1) is 17.2 Å². The smallest absolute Gasteiger partial charge is 0.260 e. The summed E-state index contributed by atoms with van der Waals surface area (Å²) in [6.45, 7) is 4.90. The molecular weight excluding hydrogens is 314 g/mol. The first-order chi connectivity index (χ1) is 12.2. The quantitative estimate of drug-likeness (QED) is 0.728. The highest BCUT2D eigenvalue weighted by Gasteiger charge is 2.18. The van der Waals surface area contributed by atoms with Crippen LogP contribution in [0.4, 0.5) is 5.69 Å². The largest absolute Gasteiger partial charge is 0.369 e. The van der Waals surface area contributed by atoms with E-state index >= 15 is 0 Å². The predicted octanol–water partition coefficient (Wildman–Crippen LogP) is 1.65. The highest BCUT2D eigenvalue weighted by molar-refractivity contribution is 5.81. The molecular formula is C19H21N5O. The van der Waals surface area contributed by atoms with Crippen LogP contribution in [0.2, 0.25) is 0 Å². The third-order valence-corrected chi connectivity index (χ3v) is 4.77. The Bertz CT molecular complexity index is 929. The number of aromatic nitrogens is 3. The van der Waals surface area contributed by atoms with Crippen LogP contribution in [0.5, 0.6) is 0 Å². The maximum atomic E-state index is 12.1. The fraction of sp³-hybridized carbons (Fsp3) is 0.316. The van der Waals surface area contributed by atoms with E-state index in [1.54, 1.807) is 13.4 Å². The molecule has 1 aliphatic rings. The van der Waals surface area contributed by atoms with Gasteiger partial charge in [-0.05, 0) is 29.8 Å². The lowest BCUT2D eigenvalue weighted by Crippen LogP contribution is -2.46. The number of hydrogen-bond acceptors (Lipinski definition) is 5. The van der Waals surface area contributed by atoms with Crippen LogP contribution in [0.25, 0.3) is 10.9 Å². The van der Waals surface area contributed by atoms with Gasteiger partial charge >= 0.3 is 0 Å². The summed E-state index contributed by atoms with van der Waals surface area (Å²) in [5.41, 5.74) is 3.15. The summed E-state index contributed by atoms with van der Waals surface area (Å²) in [7, 11) is 1.73. The van der Waals surface area contributed by atoms with Gasteiger partial charge in [0.15, 0.2) is 0 Å². The van der Waals surface area contributed by atoms with E-state index in [2.05, 4.69) is 25.8 Å². The summed E-state index contributed by atoms with van der Waals surface area (Å²) in [6.07, 6.45) is 5.32. The van der Waals surface area contributed by atoms with Crippen molar-refractivity contribution in [1.82, 2.24) is 19.4 Å². The Labute approximate surface area is 146 Å². The molecule has 1 fully saturated rings. The normalized spacial score (nSPS) is 15.6. The van der Waals surface area contributed by atoms with Crippen LogP contribution in [0, 0.1) is 0 Å². The molecule has 6 heteroatoms. The molecule has 0 radical (unpaired) electrons. The Morgan fingerprint density at radius 3 is 2.72 bits per heavy atom. The molecule has 0 saturated carbocycles. The fourth-order valence-corrected chi connectivity index (χ4v) is 3.31. The molecule has 0 N–H and O–H groups in total. The number of hydrogen-bond donors (Lipinski definition) is 0. The van der Waals surface area contributed by atoms with Crippen molar-refractivity contribution in [3.8, 4) is 0 Å². The van der Waals surface area contributed by atoms with Gasteiger partial charge in [0.25, 0.3) is 5.56 Å². The maximum absolute atomic E-state index is 12.1. The minimum absolute atomic E-state index is 0.00200. The van der Waals surface area contributed by atoms with Gasteiger partial charge < -0.3 is 9.47 Å². The van der Waals surface area contributed by atoms with Gasteiger partial charge in [-0.1, -0.05) is 6.07 Å². The van der Waals surface area contributed by atoms with E-state index in [1.807, 2.05) is 36.7 Å². The van der Waals surface area contributed by atoms with Crippen molar-refractivity contribution in [3.05, 3.63) is 65.0 Å². The second-order valence-electron chi connectivity index (χ2n) is 6.49. The van der Waals surface area contributed by atoms with E-state index in [-0.39, 0.29) is 5.56 Å². The number of rotatable bonds is 3. The minimum atomic E-state index is -0.00200. The molecule has 0 bridgehead atoms. The van der Waals surface area contributed by atoms with Crippen LogP contribution in [0.15, 0.2) is 53.8 Å². The Balaban J connectivity index is 1.46. The summed E-state index contributed by atoms with van der Waals surface area (Å²) in [5, 5.41) is 0.670. The number of fused-ring (bicyclic) bond motifs is 1. The molecule has 0 unspecified atom stereocenters. The number of piperazine rings is 1. The highest BCUT2D eigenvalue weighted by Crippen LogP contribution is 2.20. The molecule has 128 valence electrons. The third-order valence-electron chi connectivity index (χ3n) is 4.77. The number of benzene rings is 1. The first-order valence-electron chi connectivity index (χ1n) is 8.52. The molecule has 1 aliphatic heterocycles. The molecule has 0 atom stereocenters. The van der Waals surface area contributed by atoms with Crippen molar-refractivity contribution >= 4 is 16.6 Å². The van der Waals surface area contributed by atoms with Crippen molar-refractivity contribution < 1.29 is 0 Å². The SMILES string of the molecule is Cn1cnc2cc(N3CCN(Cc4cccnc4)CC3)ccc2c1=O. The van der Waals surface area contributed by atoms with E-state index in [0.717, 1.165) is 43.9 Å². The van der Waals surface area contributed by atoms with Crippen LogP contribution in [-0.4, -0.2) is 45.6 Å². The molecule has 0 aliphatic carbocycles. The lowest BCUT2D eigenvalue weighted by atomic mass is 10.2. The molecule has 3 aromatic rings. The van der Waals surface area contributed by atoms with Gasteiger partial charge in [0.1, 0.15) is 0 Å². The second kappa shape index (κ2) is 6.64. The first kappa shape index (κ1) is 15.8. The van der Waals surface area contributed by atoms with E-state index < -0.39 is 0 Å². The maximum Gasteiger partial charge on any atom is 0.260 e. The topological polar surface area (TPSA) is 54.3 Å². The average molecular weight is 335 g/mol. The molecule has 4 rings (SSSR count). The summed E-state index contributed by atoms with van der Waals surface area (Å²) < 4.78 is 1.51. The van der Waals surface area contributed by atoms with Gasteiger partial charge in [-0.15, -0.1) is 0 Å². The zero-order valence-corrected chi connectivity index (χ0v) is 14.3. The van der Waals surface area contributed by atoms with Crippen LogP contribution in [0.1, 0.15) is 5.56 Å². The summed E-state index contributed by atoms with van der Waals surface area (Å²) in [4.78, 5) is 25.5. The second-order valence-corrected chi connectivity index (χ2v) is 6.49. The van der Waals surface area contributed by atoms with Crippen LogP contribution in [-0.2, 0) is 13.6 Å². The van der Waals surface area contributed by atoms with E-state index in [0.29, 0.717) is 5.39 Å². The van der Waals surface area contributed by atoms with Crippen molar-refractivity contribution in [1.29, 1.82) is 0 Å². The minimum Gasteiger partial charge on any atom is -0.369 e. The molecule has 6 nitrogen and oxygen atoms in total. The first-order valence-corrected chi connectivity index (χ1v) is 8.52. The van der Waals surface area contributed by atoms with Crippen molar-refractivity contribution in [2.75, 3.05) is 31.1 Å². The third kappa shape index (κ3) is 3.25. The Morgan fingerprint density at radius 1 is 1.12 bits per heavy atom. The van der Waals surface area contributed by atoms with Crippen molar-refractivity contribution in [2.24, 2.45) is 7.05 Å². The number of nitrogens with zero attached hydrogens (tertiary/aromatic N) is 5. The molecule has 2 aromatic heterocycles. The molecule has 0 spiro atoms. The van der Waals surface area contributed by atoms with Crippen molar-refractivity contribution in [2.45, 2.75) is 6.54 Å². The van der Waals surface area contributed by atoms with Gasteiger partial charge in [0, 0.05) is 57.9 Å². The predicted molar refractivity (Wildman–Crippen MR) is 98.7 cm³/mol. The Morgan fingerprint density at radius 2 is 1.96 bits per heavy atom. The van der Waals surface area contributed by atoms with Gasteiger partial charge in [-0.2, -0.15) is 0 Å². The zero-order chi connectivity index (χ0) is 17.2. The highest BCUT2D eigenvalue weighted by atomic mass is 16.1. The van der Waals surface area contributed by atoms with Crippen LogP contribution < -0.4 is 10.5 Å². The standard InChI is InChI=1S/C19H21N5O/c1-22-14-21-18-11-16(4-5-17(18)19(22)25)24-9-7-23(8-10-24)13-15-3-2-6-20-12-15/h2-6,11-12,14H,7-10,13H2,1H3. The fourth-order valence-electron chi connectivity index (χ4n) is 3.31. The number of pyridine rings is 1. The summed E-state index contributed by atoms with van der Waals surface area (Å²) in [6, 6.07) is 10.0. The van der Waals surface area contributed by atoms with Gasteiger partial charge in [0.2, 0.25) is 0 Å². The lowest BCUT2D eigenvalue weighted by molar-refractivity contribution is 0.249. The monoisotopic (exact) mass is 335 g/mol. The van der Waals surface area contributed by atoms with Gasteiger partial charge in [-0.25, -0.2) is 4.98 Å².